The fourth-order valence-corrected chi connectivity index (χ4v) is 4.10. The minimum Gasteiger partial charge on any atom is -0.456 e. The Kier molecular flexibility index (Phi) is 5.15. The van der Waals surface area contributed by atoms with Gasteiger partial charge >= 0.3 is 5.69 Å². The first-order valence-corrected chi connectivity index (χ1v) is 9.93. The fraction of sp³-hybridized carbons (Fsp3) is 0.632. The second-order valence-electron chi connectivity index (χ2n) is 7.49. The average Bonchev–Trinajstić information content (AvgIpc) is 3.36. The average molecular weight is 373 g/mol. The lowest BCUT2D eigenvalue weighted by Crippen LogP contribution is -2.35. The molecule has 0 spiro atoms. The molecule has 0 aromatic carbocycles. The Morgan fingerprint density at radius 1 is 1.33 bits per heavy atom. The van der Waals surface area contributed by atoms with Crippen molar-refractivity contribution in [2.24, 2.45) is 0 Å². The van der Waals surface area contributed by atoms with Gasteiger partial charge in [-0.2, -0.15) is 5.10 Å². The Labute approximate surface area is 157 Å². The minimum atomic E-state index is -0.179. The first-order valence-electron chi connectivity index (χ1n) is 9.93. The van der Waals surface area contributed by atoms with E-state index in [-0.39, 0.29) is 17.6 Å². The molecule has 0 aliphatic carbocycles. The summed E-state index contributed by atoms with van der Waals surface area (Å²) in [6.07, 6.45) is 5.41. The van der Waals surface area contributed by atoms with Gasteiger partial charge in [0.1, 0.15) is 11.6 Å². The van der Waals surface area contributed by atoms with Crippen molar-refractivity contribution in [2.45, 2.75) is 64.6 Å². The van der Waals surface area contributed by atoms with Gasteiger partial charge in [0.25, 0.3) is 5.91 Å². The van der Waals surface area contributed by atoms with Crippen molar-refractivity contribution in [1.82, 2.24) is 25.0 Å². The molecule has 2 aliphatic heterocycles. The summed E-state index contributed by atoms with van der Waals surface area (Å²) in [5, 5.41) is 9.61. The monoisotopic (exact) mass is 373 g/mol. The van der Waals surface area contributed by atoms with E-state index in [4.69, 9.17) is 4.42 Å². The summed E-state index contributed by atoms with van der Waals surface area (Å²) in [5.74, 6) is 1.88. The highest BCUT2D eigenvalue weighted by molar-refractivity contribution is 5.92. The highest BCUT2D eigenvalue weighted by Gasteiger charge is 2.24. The number of hydrogen-bond donors (Lipinski definition) is 2. The van der Waals surface area contributed by atoms with Crippen molar-refractivity contribution in [3.8, 4) is 0 Å². The standard InChI is InChI=1S/C19H27N5O3/c1-2-15-13(12-23-8-3-4-9-23)11-16(27-15)18(25)20-14-5-6-17-21-22-19(26)24(17)10-7-14/h11,14H,2-10,12H2,1H3,(H,20,25)(H,22,26). The second-order valence-corrected chi connectivity index (χ2v) is 7.49. The summed E-state index contributed by atoms with van der Waals surface area (Å²) in [6, 6.07) is 1.91. The normalized spacial score (nSPS) is 20.4. The molecule has 4 heterocycles. The number of rotatable bonds is 5. The number of H-pyrrole nitrogens is 1. The van der Waals surface area contributed by atoms with E-state index in [1.807, 2.05) is 6.07 Å². The van der Waals surface area contributed by atoms with Crippen LogP contribution < -0.4 is 11.0 Å². The maximum absolute atomic E-state index is 12.7. The van der Waals surface area contributed by atoms with Crippen LogP contribution in [0.3, 0.4) is 0 Å². The Morgan fingerprint density at radius 2 is 2.15 bits per heavy atom. The third-order valence-electron chi connectivity index (χ3n) is 5.62. The van der Waals surface area contributed by atoms with Crippen LogP contribution in [0.5, 0.6) is 0 Å². The zero-order valence-electron chi connectivity index (χ0n) is 15.8. The molecule has 0 radical (unpaired) electrons. The number of amides is 1. The van der Waals surface area contributed by atoms with Gasteiger partial charge in [0, 0.05) is 37.5 Å². The summed E-state index contributed by atoms with van der Waals surface area (Å²) in [5.41, 5.74) is 0.944. The molecule has 2 N–H and O–H groups in total. The molecular formula is C19H27N5O3. The molecule has 8 nitrogen and oxygen atoms in total. The number of nitrogens with zero attached hydrogens (tertiary/aromatic N) is 3. The lowest BCUT2D eigenvalue weighted by atomic mass is 10.1. The molecule has 8 heteroatoms. The number of aromatic amines is 1. The van der Waals surface area contributed by atoms with E-state index in [0.29, 0.717) is 25.1 Å². The molecule has 4 rings (SSSR count). The topological polar surface area (TPSA) is 96.2 Å². The van der Waals surface area contributed by atoms with E-state index in [1.165, 1.54) is 12.8 Å². The van der Waals surface area contributed by atoms with Crippen LogP contribution in [0.1, 0.15) is 60.3 Å². The maximum atomic E-state index is 12.7. The van der Waals surface area contributed by atoms with Crippen molar-refractivity contribution in [1.29, 1.82) is 0 Å². The number of nitrogens with one attached hydrogen (secondary N) is 2. The molecule has 0 bridgehead atoms. The van der Waals surface area contributed by atoms with Crippen LogP contribution >= 0.6 is 0 Å². The summed E-state index contributed by atoms with van der Waals surface area (Å²) >= 11 is 0. The number of aromatic nitrogens is 3. The van der Waals surface area contributed by atoms with Gasteiger partial charge in [-0.25, -0.2) is 9.89 Å². The molecule has 1 atom stereocenters. The number of carbonyl (C=O) groups excluding carboxylic acids is 1. The van der Waals surface area contributed by atoms with E-state index in [2.05, 4.69) is 27.3 Å². The summed E-state index contributed by atoms with van der Waals surface area (Å²) in [4.78, 5) is 26.8. The zero-order valence-corrected chi connectivity index (χ0v) is 15.8. The molecule has 0 saturated carbocycles. The maximum Gasteiger partial charge on any atom is 0.343 e. The van der Waals surface area contributed by atoms with Gasteiger partial charge in [-0.3, -0.25) is 14.3 Å². The highest BCUT2D eigenvalue weighted by Crippen LogP contribution is 2.21. The van der Waals surface area contributed by atoms with Gasteiger partial charge in [0.2, 0.25) is 0 Å². The van der Waals surface area contributed by atoms with E-state index in [0.717, 1.165) is 49.6 Å². The van der Waals surface area contributed by atoms with Crippen molar-refractivity contribution < 1.29 is 9.21 Å². The van der Waals surface area contributed by atoms with Crippen molar-refractivity contribution in [3.63, 3.8) is 0 Å². The summed E-state index contributed by atoms with van der Waals surface area (Å²) in [6.45, 7) is 5.71. The highest BCUT2D eigenvalue weighted by atomic mass is 16.4. The predicted octanol–water partition coefficient (Wildman–Crippen LogP) is 1.46. The zero-order chi connectivity index (χ0) is 18.8. The molecule has 1 unspecified atom stereocenters. The van der Waals surface area contributed by atoms with E-state index >= 15 is 0 Å². The number of furan rings is 1. The number of likely N-dealkylation sites (tertiary alicyclic amines) is 1. The number of fused-ring (bicyclic) bond motifs is 1. The lowest BCUT2D eigenvalue weighted by molar-refractivity contribution is 0.0903. The van der Waals surface area contributed by atoms with Crippen molar-refractivity contribution in [3.05, 3.63) is 39.5 Å². The fourth-order valence-electron chi connectivity index (χ4n) is 4.10. The largest absolute Gasteiger partial charge is 0.456 e. The van der Waals surface area contributed by atoms with Gasteiger partial charge in [-0.15, -0.1) is 0 Å². The molecular weight excluding hydrogens is 346 g/mol. The number of hydrogen-bond acceptors (Lipinski definition) is 5. The Balaban J connectivity index is 1.40. The van der Waals surface area contributed by atoms with Crippen LogP contribution in [0.25, 0.3) is 0 Å². The molecule has 1 saturated heterocycles. The number of carbonyl (C=O) groups is 1. The van der Waals surface area contributed by atoms with Gasteiger partial charge in [-0.1, -0.05) is 6.92 Å². The Bertz CT molecular complexity index is 859. The SMILES string of the molecule is CCc1oc(C(=O)NC2CCc3n[nH]c(=O)n3CC2)cc1CN1CCCC1. The summed E-state index contributed by atoms with van der Waals surface area (Å²) < 4.78 is 7.52. The number of aryl methyl sites for hydroxylation is 2. The van der Waals surface area contributed by atoms with Crippen LogP contribution in [-0.4, -0.2) is 44.7 Å². The van der Waals surface area contributed by atoms with Gasteiger partial charge in [0.05, 0.1) is 0 Å². The molecule has 146 valence electrons. The molecule has 27 heavy (non-hydrogen) atoms. The Hall–Kier alpha value is -2.35. The molecule has 2 aliphatic rings. The van der Waals surface area contributed by atoms with Crippen LogP contribution in [-0.2, 0) is 25.9 Å². The van der Waals surface area contributed by atoms with Gasteiger partial charge in [0.15, 0.2) is 5.76 Å². The second kappa shape index (κ2) is 7.72. The van der Waals surface area contributed by atoms with E-state index in [9.17, 15) is 9.59 Å². The van der Waals surface area contributed by atoms with Gasteiger partial charge < -0.3 is 9.73 Å². The minimum absolute atomic E-state index is 0.0100. The first kappa shape index (κ1) is 18.0. The summed E-state index contributed by atoms with van der Waals surface area (Å²) in [7, 11) is 0. The molecule has 1 fully saturated rings. The quantitative estimate of drug-likeness (QED) is 0.827. The molecule has 1 amide bonds. The van der Waals surface area contributed by atoms with Crippen LogP contribution in [0, 0.1) is 0 Å². The first-order chi connectivity index (χ1) is 13.1. The van der Waals surface area contributed by atoms with E-state index in [1.54, 1.807) is 4.57 Å². The molecule has 2 aromatic heterocycles. The van der Waals surface area contributed by atoms with Crippen LogP contribution in [0.15, 0.2) is 15.3 Å². The Morgan fingerprint density at radius 3 is 2.93 bits per heavy atom. The van der Waals surface area contributed by atoms with E-state index < -0.39 is 0 Å². The van der Waals surface area contributed by atoms with Crippen molar-refractivity contribution in [2.75, 3.05) is 13.1 Å². The third-order valence-corrected chi connectivity index (χ3v) is 5.62. The lowest BCUT2D eigenvalue weighted by Gasteiger charge is -2.14. The van der Waals surface area contributed by atoms with Crippen molar-refractivity contribution >= 4 is 5.91 Å². The van der Waals surface area contributed by atoms with Gasteiger partial charge in [-0.05, 0) is 44.8 Å². The van der Waals surface area contributed by atoms with Crippen LogP contribution in [0.4, 0.5) is 0 Å². The van der Waals surface area contributed by atoms with Crippen LogP contribution in [0.2, 0.25) is 0 Å². The predicted molar refractivity (Wildman–Crippen MR) is 99.6 cm³/mol. The smallest absolute Gasteiger partial charge is 0.343 e. The third kappa shape index (κ3) is 3.85. The molecule has 2 aromatic rings.